The average Bonchev–Trinajstić information content (AvgIpc) is 2.85. The molecule has 0 bridgehead atoms. The second-order valence-corrected chi connectivity index (χ2v) is 3.89. The summed E-state index contributed by atoms with van der Waals surface area (Å²) in [6, 6.07) is 2.66. The Morgan fingerprint density at radius 1 is 1.50 bits per heavy atom. The highest BCUT2D eigenvalue weighted by atomic mass is 35.5. The van der Waals surface area contributed by atoms with Crippen LogP contribution in [0, 0.1) is 0 Å². The molecule has 94 valence electrons. The number of carbonyl (C=O) groups excluding carboxylic acids is 1. The van der Waals surface area contributed by atoms with E-state index >= 15 is 0 Å². The summed E-state index contributed by atoms with van der Waals surface area (Å²) in [7, 11) is 0. The molecule has 2 heterocycles. The van der Waals surface area contributed by atoms with Crippen molar-refractivity contribution in [2.45, 2.75) is 13.0 Å². The van der Waals surface area contributed by atoms with E-state index in [0.717, 1.165) is 0 Å². The van der Waals surface area contributed by atoms with Crippen molar-refractivity contribution in [3.63, 3.8) is 0 Å². The first kappa shape index (κ1) is 12.3. The highest BCUT2D eigenvalue weighted by Gasteiger charge is 2.12. The molecule has 0 aromatic carbocycles. The lowest BCUT2D eigenvalue weighted by molar-refractivity contribution is 0.249. The number of aromatic amines is 1. The molecular weight excluding hydrogens is 256 g/mol. The Morgan fingerprint density at radius 3 is 3.00 bits per heavy atom. The van der Waals surface area contributed by atoms with E-state index in [1.54, 1.807) is 25.3 Å². The Labute approximate surface area is 108 Å². The Balaban J connectivity index is 1.95. The Morgan fingerprint density at radius 2 is 2.33 bits per heavy atom. The molecule has 18 heavy (non-hydrogen) atoms. The first-order chi connectivity index (χ1) is 8.66. The third kappa shape index (κ3) is 2.95. The van der Waals surface area contributed by atoms with Gasteiger partial charge in [-0.3, -0.25) is 5.10 Å². The lowest BCUT2D eigenvalue weighted by Gasteiger charge is -2.12. The van der Waals surface area contributed by atoms with Gasteiger partial charge in [0.15, 0.2) is 5.15 Å². The Hall–Kier alpha value is -2.15. The molecule has 2 amide bonds. The number of halogens is 1. The first-order valence-corrected chi connectivity index (χ1v) is 5.58. The Kier molecular flexibility index (Phi) is 3.73. The summed E-state index contributed by atoms with van der Waals surface area (Å²) in [4.78, 5) is 19.5. The van der Waals surface area contributed by atoms with Gasteiger partial charge in [0.1, 0.15) is 12.2 Å². The normalized spacial score (nSPS) is 11.9. The van der Waals surface area contributed by atoms with Gasteiger partial charge in [-0.05, 0) is 19.1 Å². The number of pyridine rings is 1. The largest absolute Gasteiger partial charge is 0.328 e. The number of nitrogens with one attached hydrogen (secondary N) is 3. The fourth-order valence-corrected chi connectivity index (χ4v) is 1.49. The van der Waals surface area contributed by atoms with Crippen molar-refractivity contribution < 1.29 is 4.79 Å². The van der Waals surface area contributed by atoms with Crippen molar-refractivity contribution >= 4 is 23.3 Å². The molecule has 8 heteroatoms. The summed E-state index contributed by atoms with van der Waals surface area (Å²) < 4.78 is 0. The molecule has 2 aromatic heterocycles. The molecule has 0 aliphatic carbocycles. The van der Waals surface area contributed by atoms with Gasteiger partial charge in [0.2, 0.25) is 0 Å². The van der Waals surface area contributed by atoms with Crippen LogP contribution in [0.2, 0.25) is 5.15 Å². The number of aromatic nitrogens is 4. The maximum absolute atomic E-state index is 11.7. The minimum absolute atomic E-state index is 0.236. The van der Waals surface area contributed by atoms with Crippen molar-refractivity contribution in [1.82, 2.24) is 25.5 Å². The number of carbonyl (C=O) groups is 1. The predicted octanol–water partition coefficient (Wildman–Crippen LogP) is 1.74. The molecule has 3 N–H and O–H groups in total. The van der Waals surface area contributed by atoms with Crippen LogP contribution in [-0.4, -0.2) is 26.2 Å². The monoisotopic (exact) mass is 266 g/mol. The summed E-state index contributed by atoms with van der Waals surface area (Å²) in [5.74, 6) is 0.572. The van der Waals surface area contributed by atoms with Crippen molar-refractivity contribution in [2.24, 2.45) is 0 Å². The number of urea groups is 1. The molecule has 2 aromatic rings. The molecule has 0 spiro atoms. The molecule has 1 atom stereocenters. The van der Waals surface area contributed by atoms with E-state index in [0.29, 0.717) is 11.5 Å². The van der Waals surface area contributed by atoms with Crippen molar-refractivity contribution in [1.29, 1.82) is 0 Å². The highest BCUT2D eigenvalue weighted by Crippen LogP contribution is 2.17. The zero-order valence-corrected chi connectivity index (χ0v) is 10.3. The fourth-order valence-electron chi connectivity index (χ4n) is 1.33. The maximum atomic E-state index is 11.7. The lowest BCUT2D eigenvalue weighted by Crippen LogP contribution is -2.31. The van der Waals surface area contributed by atoms with Crippen molar-refractivity contribution in [3.05, 3.63) is 35.6 Å². The van der Waals surface area contributed by atoms with Crippen LogP contribution < -0.4 is 10.6 Å². The van der Waals surface area contributed by atoms with Gasteiger partial charge in [0.05, 0.1) is 11.7 Å². The smallest absolute Gasteiger partial charge is 0.319 e. The third-order valence-electron chi connectivity index (χ3n) is 2.20. The first-order valence-electron chi connectivity index (χ1n) is 5.20. The van der Waals surface area contributed by atoms with Crippen LogP contribution >= 0.6 is 11.6 Å². The van der Waals surface area contributed by atoms with Crippen molar-refractivity contribution in [3.8, 4) is 0 Å². The second-order valence-electron chi connectivity index (χ2n) is 3.53. The van der Waals surface area contributed by atoms with Crippen LogP contribution in [0.1, 0.15) is 18.8 Å². The van der Waals surface area contributed by atoms with Gasteiger partial charge in [-0.1, -0.05) is 11.6 Å². The minimum Gasteiger partial charge on any atom is -0.328 e. The third-order valence-corrected chi connectivity index (χ3v) is 2.50. The highest BCUT2D eigenvalue weighted by molar-refractivity contribution is 6.32. The summed E-state index contributed by atoms with van der Waals surface area (Å²) >= 11 is 5.82. The molecule has 0 fully saturated rings. The van der Waals surface area contributed by atoms with E-state index in [4.69, 9.17) is 11.6 Å². The van der Waals surface area contributed by atoms with Gasteiger partial charge in [0.25, 0.3) is 0 Å². The quantitative estimate of drug-likeness (QED) is 0.737. The molecule has 0 saturated carbocycles. The van der Waals surface area contributed by atoms with E-state index in [1.165, 1.54) is 6.33 Å². The van der Waals surface area contributed by atoms with Crippen molar-refractivity contribution in [2.75, 3.05) is 5.32 Å². The van der Waals surface area contributed by atoms with Crippen LogP contribution in [0.3, 0.4) is 0 Å². The standard InChI is InChI=1S/C10H11ClN6O/c1-6(9-13-5-14-17-9)15-10(18)16-7-3-2-4-12-8(7)11/h2-6H,1H3,(H,13,14,17)(H2,15,16,18). The fraction of sp³-hybridized carbons (Fsp3) is 0.200. The number of H-pyrrole nitrogens is 1. The van der Waals surface area contributed by atoms with Crippen LogP contribution in [0.5, 0.6) is 0 Å². The molecule has 7 nitrogen and oxygen atoms in total. The number of nitrogens with zero attached hydrogens (tertiary/aromatic N) is 3. The van der Waals surface area contributed by atoms with Gasteiger partial charge in [-0.2, -0.15) is 5.10 Å². The number of rotatable bonds is 3. The van der Waals surface area contributed by atoms with Gasteiger partial charge in [-0.15, -0.1) is 0 Å². The zero-order chi connectivity index (χ0) is 13.0. The van der Waals surface area contributed by atoms with E-state index < -0.39 is 6.03 Å². The summed E-state index contributed by atoms with van der Waals surface area (Å²) in [6.45, 7) is 1.78. The van der Waals surface area contributed by atoms with Gasteiger partial charge < -0.3 is 10.6 Å². The SMILES string of the molecule is CC(NC(=O)Nc1cccnc1Cl)c1ncn[nH]1. The molecule has 2 rings (SSSR count). The average molecular weight is 267 g/mol. The minimum atomic E-state index is -0.395. The second kappa shape index (κ2) is 5.46. The number of anilines is 1. The maximum Gasteiger partial charge on any atom is 0.319 e. The van der Waals surface area contributed by atoms with E-state index in [-0.39, 0.29) is 11.2 Å². The van der Waals surface area contributed by atoms with E-state index in [9.17, 15) is 4.79 Å². The van der Waals surface area contributed by atoms with Gasteiger partial charge >= 0.3 is 6.03 Å². The predicted molar refractivity (Wildman–Crippen MR) is 66.2 cm³/mol. The Bertz CT molecular complexity index is 529. The summed E-state index contributed by atoms with van der Waals surface area (Å²) in [6.07, 6.45) is 2.92. The van der Waals surface area contributed by atoms with Crippen LogP contribution in [0.15, 0.2) is 24.7 Å². The molecule has 0 radical (unpaired) electrons. The number of hydrogen-bond acceptors (Lipinski definition) is 4. The zero-order valence-electron chi connectivity index (χ0n) is 9.51. The summed E-state index contributed by atoms with van der Waals surface area (Å²) in [5.41, 5.74) is 0.446. The molecule has 0 aliphatic heterocycles. The lowest BCUT2D eigenvalue weighted by atomic mass is 10.3. The van der Waals surface area contributed by atoms with Crippen LogP contribution in [0.25, 0.3) is 0 Å². The number of hydrogen-bond donors (Lipinski definition) is 3. The van der Waals surface area contributed by atoms with Crippen LogP contribution in [0.4, 0.5) is 10.5 Å². The molecule has 0 aliphatic rings. The topological polar surface area (TPSA) is 95.6 Å². The molecule has 1 unspecified atom stereocenters. The van der Waals surface area contributed by atoms with E-state index in [2.05, 4.69) is 30.8 Å². The van der Waals surface area contributed by atoms with E-state index in [1.807, 2.05) is 0 Å². The molecule has 0 saturated heterocycles. The van der Waals surface area contributed by atoms with Gasteiger partial charge in [-0.25, -0.2) is 14.8 Å². The molecular formula is C10H11ClN6O. The summed E-state index contributed by atoms with van der Waals surface area (Å²) in [5, 5.41) is 11.9. The van der Waals surface area contributed by atoms with Crippen LogP contribution in [-0.2, 0) is 0 Å². The van der Waals surface area contributed by atoms with Gasteiger partial charge in [0, 0.05) is 6.20 Å². The number of amides is 2.